The molecule has 21 heavy (non-hydrogen) atoms. The fraction of sp³-hybridized carbons (Fsp3) is 0.211. The molecule has 108 valence electrons. The molecule has 0 aliphatic carbocycles. The summed E-state index contributed by atoms with van der Waals surface area (Å²) >= 11 is 0. The number of benzene rings is 2. The van der Waals surface area contributed by atoms with E-state index in [0.29, 0.717) is 0 Å². The van der Waals surface area contributed by atoms with Crippen LogP contribution in [0.5, 0.6) is 0 Å². The van der Waals surface area contributed by atoms with Crippen molar-refractivity contribution in [3.8, 4) is 0 Å². The average molecular weight is 279 g/mol. The zero-order valence-electron chi connectivity index (χ0n) is 12.5. The highest BCUT2D eigenvalue weighted by Crippen LogP contribution is 2.12. The Kier molecular flexibility index (Phi) is 5.33. The predicted molar refractivity (Wildman–Crippen MR) is 87.8 cm³/mol. The molecule has 2 rings (SSSR count). The predicted octanol–water partition coefficient (Wildman–Crippen LogP) is 3.84. The zero-order valence-corrected chi connectivity index (χ0v) is 12.5. The molecule has 1 unspecified atom stereocenters. The van der Waals surface area contributed by atoms with Gasteiger partial charge in [-0.15, -0.1) is 0 Å². The van der Waals surface area contributed by atoms with Gasteiger partial charge in [0.05, 0.1) is 0 Å². The van der Waals surface area contributed by atoms with Crippen molar-refractivity contribution in [1.29, 1.82) is 0 Å². The van der Waals surface area contributed by atoms with Crippen LogP contribution in [0, 0.1) is 0 Å². The van der Waals surface area contributed by atoms with Crippen molar-refractivity contribution in [1.82, 2.24) is 5.32 Å². The second kappa shape index (κ2) is 7.44. The van der Waals surface area contributed by atoms with E-state index in [1.54, 1.807) is 6.08 Å². The highest BCUT2D eigenvalue weighted by atomic mass is 16.1. The van der Waals surface area contributed by atoms with Crippen molar-refractivity contribution in [2.45, 2.75) is 26.3 Å². The van der Waals surface area contributed by atoms with Crippen LogP contribution in [0.2, 0.25) is 0 Å². The third-order valence-corrected chi connectivity index (χ3v) is 3.35. The lowest BCUT2D eigenvalue weighted by molar-refractivity contribution is -0.117. The van der Waals surface area contributed by atoms with Crippen molar-refractivity contribution < 1.29 is 4.79 Å². The summed E-state index contributed by atoms with van der Waals surface area (Å²) < 4.78 is 0. The van der Waals surface area contributed by atoms with Crippen LogP contribution in [0.4, 0.5) is 0 Å². The maximum atomic E-state index is 12.0. The van der Waals surface area contributed by atoms with Crippen molar-refractivity contribution in [3.05, 3.63) is 77.9 Å². The third-order valence-electron chi connectivity index (χ3n) is 3.35. The van der Waals surface area contributed by atoms with Gasteiger partial charge in [-0.2, -0.15) is 0 Å². The van der Waals surface area contributed by atoms with Gasteiger partial charge >= 0.3 is 0 Å². The zero-order chi connectivity index (χ0) is 15.1. The Morgan fingerprint density at radius 3 is 2.24 bits per heavy atom. The molecule has 0 aliphatic heterocycles. The number of hydrogen-bond acceptors (Lipinski definition) is 1. The van der Waals surface area contributed by atoms with Crippen LogP contribution < -0.4 is 5.32 Å². The van der Waals surface area contributed by atoms with E-state index in [0.717, 1.165) is 17.6 Å². The molecule has 0 bridgehead atoms. The number of rotatable bonds is 5. The van der Waals surface area contributed by atoms with E-state index in [1.807, 2.05) is 62.4 Å². The maximum absolute atomic E-state index is 12.0. The van der Waals surface area contributed by atoms with Gasteiger partial charge in [-0.1, -0.05) is 60.7 Å². The molecule has 2 aromatic rings. The van der Waals surface area contributed by atoms with Gasteiger partial charge in [0.2, 0.25) is 5.91 Å². The Morgan fingerprint density at radius 2 is 1.62 bits per heavy atom. The average Bonchev–Trinajstić information content (AvgIpc) is 2.48. The highest BCUT2D eigenvalue weighted by Gasteiger charge is 2.06. The van der Waals surface area contributed by atoms with Crippen LogP contribution in [0.1, 0.15) is 25.0 Å². The summed E-state index contributed by atoms with van der Waals surface area (Å²) in [7, 11) is 0. The van der Waals surface area contributed by atoms with Crippen LogP contribution in [-0.4, -0.2) is 11.9 Å². The molecule has 2 nitrogen and oxygen atoms in total. The minimum atomic E-state index is -0.0419. The van der Waals surface area contributed by atoms with E-state index < -0.39 is 0 Å². The van der Waals surface area contributed by atoms with Crippen LogP contribution in [0.3, 0.4) is 0 Å². The molecule has 0 fully saturated rings. The summed E-state index contributed by atoms with van der Waals surface area (Å²) in [6.07, 6.45) is 2.50. The number of amides is 1. The van der Waals surface area contributed by atoms with Gasteiger partial charge in [0.1, 0.15) is 0 Å². The molecule has 0 aliphatic rings. The van der Waals surface area contributed by atoms with Crippen LogP contribution >= 0.6 is 0 Å². The van der Waals surface area contributed by atoms with Crippen molar-refractivity contribution in [2.75, 3.05) is 0 Å². The van der Waals surface area contributed by atoms with Gasteiger partial charge < -0.3 is 5.32 Å². The molecule has 0 saturated heterocycles. The standard InChI is InChI=1S/C19H21NO/c1-15(18-11-7-4-8-12-18)13-19(21)20-16(2)14-17-9-5-3-6-10-17/h3-13,16H,14H2,1-2H3,(H,20,21)/b15-13+. The molecule has 0 spiro atoms. The Labute approximate surface area is 126 Å². The monoisotopic (exact) mass is 279 g/mol. The van der Waals surface area contributed by atoms with E-state index in [4.69, 9.17) is 0 Å². The summed E-state index contributed by atoms with van der Waals surface area (Å²) in [5.41, 5.74) is 3.28. The lowest BCUT2D eigenvalue weighted by Gasteiger charge is -2.13. The smallest absolute Gasteiger partial charge is 0.244 e. The number of carbonyl (C=O) groups is 1. The van der Waals surface area contributed by atoms with E-state index in [1.165, 1.54) is 5.56 Å². The molecular weight excluding hydrogens is 258 g/mol. The van der Waals surface area contributed by atoms with Gasteiger partial charge in [-0.05, 0) is 37.0 Å². The number of allylic oxidation sites excluding steroid dienone is 1. The molecule has 1 atom stereocenters. The summed E-state index contributed by atoms with van der Waals surface area (Å²) in [6, 6.07) is 20.2. The van der Waals surface area contributed by atoms with E-state index in [2.05, 4.69) is 17.4 Å². The fourth-order valence-corrected chi connectivity index (χ4v) is 2.28. The molecule has 2 aromatic carbocycles. The molecule has 1 N–H and O–H groups in total. The number of nitrogens with one attached hydrogen (secondary N) is 1. The Hall–Kier alpha value is -2.35. The molecule has 0 saturated carbocycles. The molecule has 2 heteroatoms. The second-order valence-corrected chi connectivity index (χ2v) is 5.29. The summed E-state index contributed by atoms with van der Waals surface area (Å²) in [5, 5.41) is 3.01. The van der Waals surface area contributed by atoms with Crippen molar-refractivity contribution in [2.24, 2.45) is 0 Å². The summed E-state index contributed by atoms with van der Waals surface area (Å²) in [6.45, 7) is 3.98. The number of carbonyl (C=O) groups excluding carboxylic acids is 1. The summed E-state index contributed by atoms with van der Waals surface area (Å²) in [5.74, 6) is -0.0419. The van der Waals surface area contributed by atoms with Gasteiger partial charge in [0, 0.05) is 12.1 Å². The minimum absolute atomic E-state index is 0.0419. The van der Waals surface area contributed by atoms with Gasteiger partial charge in [0.25, 0.3) is 0 Å². The van der Waals surface area contributed by atoms with Crippen LogP contribution in [0.15, 0.2) is 66.7 Å². The van der Waals surface area contributed by atoms with Crippen LogP contribution in [-0.2, 0) is 11.2 Å². The normalized spacial score (nSPS) is 12.8. The Morgan fingerprint density at radius 1 is 1.05 bits per heavy atom. The van der Waals surface area contributed by atoms with E-state index in [-0.39, 0.29) is 11.9 Å². The van der Waals surface area contributed by atoms with Crippen molar-refractivity contribution in [3.63, 3.8) is 0 Å². The number of hydrogen-bond donors (Lipinski definition) is 1. The van der Waals surface area contributed by atoms with Gasteiger partial charge in [-0.25, -0.2) is 0 Å². The summed E-state index contributed by atoms with van der Waals surface area (Å²) in [4.78, 5) is 12.0. The quantitative estimate of drug-likeness (QED) is 0.828. The molecule has 0 aromatic heterocycles. The molecular formula is C19H21NO. The third kappa shape index (κ3) is 4.92. The Bertz CT molecular complexity index is 602. The lowest BCUT2D eigenvalue weighted by Crippen LogP contribution is -2.32. The Balaban J connectivity index is 1.92. The maximum Gasteiger partial charge on any atom is 0.244 e. The second-order valence-electron chi connectivity index (χ2n) is 5.29. The lowest BCUT2D eigenvalue weighted by atomic mass is 10.1. The fourth-order valence-electron chi connectivity index (χ4n) is 2.28. The largest absolute Gasteiger partial charge is 0.350 e. The van der Waals surface area contributed by atoms with Gasteiger partial charge in [-0.3, -0.25) is 4.79 Å². The first kappa shape index (κ1) is 15.0. The van der Waals surface area contributed by atoms with E-state index >= 15 is 0 Å². The first-order valence-corrected chi connectivity index (χ1v) is 7.23. The van der Waals surface area contributed by atoms with Crippen molar-refractivity contribution >= 4 is 11.5 Å². The molecule has 0 heterocycles. The topological polar surface area (TPSA) is 29.1 Å². The first-order valence-electron chi connectivity index (χ1n) is 7.23. The highest BCUT2D eigenvalue weighted by molar-refractivity contribution is 5.94. The molecule has 1 amide bonds. The SMILES string of the molecule is C/C(=C\C(=O)NC(C)Cc1ccccc1)c1ccccc1. The van der Waals surface area contributed by atoms with E-state index in [9.17, 15) is 4.79 Å². The minimum Gasteiger partial charge on any atom is -0.350 e. The first-order chi connectivity index (χ1) is 10.1. The van der Waals surface area contributed by atoms with Gasteiger partial charge in [0.15, 0.2) is 0 Å². The van der Waals surface area contributed by atoms with Crippen LogP contribution in [0.25, 0.3) is 5.57 Å². The molecule has 0 radical (unpaired) electrons.